The molecule has 0 radical (unpaired) electrons. The number of hydrogen-bond acceptors (Lipinski definition) is 3. The van der Waals surface area contributed by atoms with E-state index in [1.807, 2.05) is 0 Å². The zero-order valence-electron chi connectivity index (χ0n) is 7.89. The molecule has 5 nitrogen and oxygen atoms in total. The van der Waals surface area contributed by atoms with Crippen LogP contribution in [-0.2, 0) is 16.4 Å². The highest BCUT2D eigenvalue weighted by molar-refractivity contribution is 7.90. The molecule has 78 valence electrons. The standard InChI is InChI=1S/C8H11NO4S/c1-3-9-5-6(14(2,12)13)4-7(9)8(10)11/h4-5H,3H2,1-2H3,(H,10,11). The third-order valence-corrected chi connectivity index (χ3v) is 2.94. The molecule has 1 aromatic rings. The molecule has 1 aromatic heterocycles. The van der Waals surface area contributed by atoms with Crippen molar-refractivity contribution in [3.63, 3.8) is 0 Å². The SMILES string of the molecule is CCn1cc(S(C)(=O)=O)cc1C(=O)O. The van der Waals surface area contributed by atoms with Crippen molar-refractivity contribution in [1.29, 1.82) is 0 Å². The Balaban J connectivity index is 3.34. The molecule has 0 saturated carbocycles. The van der Waals surface area contributed by atoms with Crippen molar-refractivity contribution in [3.8, 4) is 0 Å². The molecule has 1 rings (SSSR count). The number of rotatable bonds is 3. The quantitative estimate of drug-likeness (QED) is 0.804. The Hall–Kier alpha value is -1.30. The first-order valence-electron chi connectivity index (χ1n) is 3.99. The topological polar surface area (TPSA) is 76.4 Å². The van der Waals surface area contributed by atoms with Crippen molar-refractivity contribution in [2.45, 2.75) is 18.4 Å². The lowest BCUT2D eigenvalue weighted by molar-refractivity contribution is 0.0685. The van der Waals surface area contributed by atoms with E-state index in [0.717, 1.165) is 6.26 Å². The van der Waals surface area contributed by atoms with Crippen LogP contribution in [0.25, 0.3) is 0 Å². The molecule has 0 fully saturated rings. The minimum atomic E-state index is -3.33. The lowest BCUT2D eigenvalue weighted by Crippen LogP contribution is -2.05. The highest BCUT2D eigenvalue weighted by atomic mass is 32.2. The third kappa shape index (κ3) is 1.95. The Morgan fingerprint density at radius 1 is 1.57 bits per heavy atom. The number of sulfone groups is 1. The van der Waals surface area contributed by atoms with Gasteiger partial charge in [0, 0.05) is 19.0 Å². The minimum Gasteiger partial charge on any atom is -0.477 e. The van der Waals surface area contributed by atoms with Gasteiger partial charge in [0.2, 0.25) is 0 Å². The van der Waals surface area contributed by atoms with Crippen LogP contribution in [0.15, 0.2) is 17.2 Å². The maximum atomic E-state index is 11.1. The van der Waals surface area contributed by atoms with E-state index in [2.05, 4.69) is 0 Å². The van der Waals surface area contributed by atoms with Gasteiger partial charge >= 0.3 is 5.97 Å². The van der Waals surface area contributed by atoms with Crippen molar-refractivity contribution in [2.75, 3.05) is 6.26 Å². The highest BCUT2D eigenvalue weighted by Gasteiger charge is 2.16. The number of aromatic carboxylic acids is 1. The molecule has 0 amide bonds. The summed E-state index contributed by atoms with van der Waals surface area (Å²) in [6.07, 6.45) is 2.38. The molecule has 0 atom stereocenters. The average Bonchev–Trinajstić information content (AvgIpc) is 2.45. The number of hydrogen-bond donors (Lipinski definition) is 1. The van der Waals surface area contributed by atoms with E-state index >= 15 is 0 Å². The molecule has 14 heavy (non-hydrogen) atoms. The summed E-state index contributed by atoms with van der Waals surface area (Å²) in [5, 5.41) is 8.76. The second kappa shape index (κ2) is 3.45. The molecule has 0 aliphatic carbocycles. The lowest BCUT2D eigenvalue weighted by Gasteiger charge is -1.99. The number of aromatic nitrogens is 1. The van der Waals surface area contributed by atoms with Crippen molar-refractivity contribution < 1.29 is 18.3 Å². The van der Waals surface area contributed by atoms with E-state index in [-0.39, 0.29) is 10.6 Å². The minimum absolute atomic E-state index is 0.00655. The molecule has 0 aliphatic rings. The highest BCUT2D eigenvalue weighted by Crippen LogP contribution is 2.14. The van der Waals surface area contributed by atoms with E-state index < -0.39 is 15.8 Å². The van der Waals surface area contributed by atoms with Crippen LogP contribution in [0, 0.1) is 0 Å². The zero-order valence-corrected chi connectivity index (χ0v) is 8.71. The monoisotopic (exact) mass is 217 g/mol. The predicted molar refractivity (Wildman–Crippen MR) is 50.2 cm³/mol. The van der Waals surface area contributed by atoms with Crippen molar-refractivity contribution >= 4 is 15.8 Å². The van der Waals surface area contributed by atoms with Gasteiger partial charge in [0.05, 0.1) is 4.90 Å². The molecule has 0 bridgehead atoms. The van der Waals surface area contributed by atoms with Gasteiger partial charge in [0.15, 0.2) is 9.84 Å². The summed E-state index contributed by atoms with van der Waals surface area (Å²) in [6.45, 7) is 2.18. The second-order valence-corrected chi connectivity index (χ2v) is 4.94. The number of carboxylic acids is 1. The van der Waals surface area contributed by atoms with Gasteiger partial charge in [-0.05, 0) is 13.0 Å². The Morgan fingerprint density at radius 2 is 2.14 bits per heavy atom. The van der Waals surface area contributed by atoms with E-state index in [1.165, 1.54) is 16.8 Å². The van der Waals surface area contributed by atoms with Crippen LogP contribution in [0.5, 0.6) is 0 Å². The largest absolute Gasteiger partial charge is 0.477 e. The summed E-state index contributed by atoms with van der Waals surface area (Å²) < 4.78 is 23.6. The average molecular weight is 217 g/mol. The normalized spacial score (nSPS) is 11.6. The zero-order chi connectivity index (χ0) is 10.9. The van der Waals surface area contributed by atoms with E-state index in [9.17, 15) is 13.2 Å². The van der Waals surface area contributed by atoms with Gasteiger partial charge in [-0.25, -0.2) is 13.2 Å². The Morgan fingerprint density at radius 3 is 2.43 bits per heavy atom. The van der Waals surface area contributed by atoms with Crippen LogP contribution in [0.3, 0.4) is 0 Å². The number of carboxylic acid groups (broad SMARTS) is 1. The molecular weight excluding hydrogens is 206 g/mol. The number of nitrogens with zero attached hydrogens (tertiary/aromatic N) is 1. The number of aryl methyl sites for hydroxylation is 1. The molecule has 0 spiro atoms. The summed E-state index contributed by atoms with van der Waals surface area (Å²) >= 11 is 0. The second-order valence-electron chi connectivity index (χ2n) is 2.92. The van der Waals surface area contributed by atoms with Crippen LogP contribution in [0.2, 0.25) is 0 Å². The Bertz CT molecular complexity index is 458. The van der Waals surface area contributed by atoms with Crippen molar-refractivity contribution in [2.24, 2.45) is 0 Å². The predicted octanol–water partition coefficient (Wildman–Crippen LogP) is 0.610. The molecule has 0 unspecified atom stereocenters. The summed E-state index contributed by atoms with van der Waals surface area (Å²) in [4.78, 5) is 10.7. The number of carbonyl (C=O) groups is 1. The lowest BCUT2D eigenvalue weighted by atomic mass is 10.4. The van der Waals surface area contributed by atoms with Crippen LogP contribution in [0.4, 0.5) is 0 Å². The van der Waals surface area contributed by atoms with Gasteiger partial charge < -0.3 is 9.67 Å². The fraction of sp³-hybridized carbons (Fsp3) is 0.375. The first-order valence-corrected chi connectivity index (χ1v) is 5.89. The van der Waals surface area contributed by atoms with Gasteiger partial charge in [0.25, 0.3) is 0 Å². The summed E-state index contributed by atoms with van der Waals surface area (Å²) in [6, 6.07) is 1.17. The third-order valence-electron chi connectivity index (χ3n) is 1.86. The molecule has 6 heteroatoms. The maximum absolute atomic E-state index is 11.1. The molecule has 0 saturated heterocycles. The molecular formula is C8H11NO4S. The van der Waals surface area contributed by atoms with Crippen LogP contribution in [0.1, 0.15) is 17.4 Å². The van der Waals surface area contributed by atoms with Gasteiger partial charge in [0.1, 0.15) is 5.69 Å². The Labute approximate surface area is 81.9 Å². The van der Waals surface area contributed by atoms with E-state index in [4.69, 9.17) is 5.11 Å². The fourth-order valence-corrected chi connectivity index (χ4v) is 1.77. The smallest absolute Gasteiger partial charge is 0.352 e. The first-order chi connectivity index (χ1) is 6.36. The summed E-state index contributed by atoms with van der Waals surface area (Å²) in [7, 11) is -3.33. The molecule has 1 N–H and O–H groups in total. The maximum Gasteiger partial charge on any atom is 0.352 e. The van der Waals surface area contributed by atoms with Crippen molar-refractivity contribution in [1.82, 2.24) is 4.57 Å². The van der Waals surface area contributed by atoms with Crippen LogP contribution in [-0.4, -0.2) is 30.3 Å². The van der Waals surface area contributed by atoms with Crippen molar-refractivity contribution in [3.05, 3.63) is 18.0 Å². The Kier molecular flexibility index (Phi) is 2.66. The van der Waals surface area contributed by atoms with Gasteiger partial charge in [-0.3, -0.25) is 0 Å². The van der Waals surface area contributed by atoms with E-state index in [0.29, 0.717) is 6.54 Å². The van der Waals surface area contributed by atoms with Gasteiger partial charge in [-0.15, -0.1) is 0 Å². The first kappa shape index (κ1) is 10.8. The summed E-state index contributed by atoms with van der Waals surface area (Å²) in [5.74, 6) is -1.12. The summed E-state index contributed by atoms with van der Waals surface area (Å²) in [5.41, 5.74) is -0.00655. The van der Waals surface area contributed by atoms with Crippen LogP contribution < -0.4 is 0 Å². The fourth-order valence-electron chi connectivity index (χ4n) is 1.13. The van der Waals surface area contributed by atoms with Crippen LogP contribution >= 0.6 is 0 Å². The van der Waals surface area contributed by atoms with Gasteiger partial charge in [-0.1, -0.05) is 0 Å². The molecule has 1 heterocycles. The van der Waals surface area contributed by atoms with E-state index in [1.54, 1.807) is 6.92 Å². The molecule has 0 aromatic carbocycles. The van der Waals surface area contributed by atoms with Gasteiger partial charge in [-0.2, -0.15) is 0 Å². The molecule has 0 aliphatic heterocycles.